The summed E-state index contributed by atoms with van der Waals surface area (Å²) >= 11 is 0. The number of allylic oxidation sites excluding steroid dienone is 10. The molecule has 0 spiro atoms. The van der Waals surface area contributed by atoms with Crippen molar-refractivity contribution in [2.45, 2.75) is 216 Å². The second-order valence-electron chi connectivity index (χ2n) is 21.7. The zero-order chi connectivity index (χ0) is 59.1. The number of amides is 1. The van der Waals surface area contributed by atoms with Gasteiger partial charge in [0.1, 0.15) is 24.2 Å². The van der Waals surface area contributed by atoms with Crippen molar-refractivity contribution in [1.29, 1.82) is 0 Å². The molecule has 20 heteroatoms. The number of likely N-dealkylation sites (N-methyl/N-ethyl adjacent to an activating group) is 1. The molecule has 2 fully saturated rings. The van der Waals surface area contributed by atoms with Crippen LogP contribution in [0.3, 0.4) is 0 Å². The van der Waals surface area contributed by atoms with Gasteiger partial charge in [0.25, 0.3) is 0 Å². The first-order chi connectivity index (χ1) is 38.0. The number of carboxylic acid groups (broad SMARTS) is 1. The maximum absolute atomic E-state index is 14.2. The number of rotatable bonds is 10. The van der Waals surface area contributed by atoms with E-state index in [4.69, 9.17) is 18.9 Å². The average molecular weight is 1130 g/mol. The molecular weight excluding hydrogens is 1040 g/mol. The number of benzene rings is 1. The third-order valence-corrected chi connectivity index (χ3v) is 15.3. The van der Waals surface area contributed by atoms with E-state index in [1.165, 1.54) is 13.0 Å². The molecule has 450 valence electrons. The number of aliphatic carboxylic acids is 1. The lowest BCUT2D eigenvalue weighted by molar-refractivity contribution is -0.310. The first-order valence-electron chi connectivity index (χ1n) is 28.3. The van der Waals surface area contributed by atoms with Gasteiger partial charge in [-0.2, -0.15) is 0 Å². The van der Waals surface area contributed by atoms with Crippen LogP contribution in [0.15, 0.2) is 103 Å². The van der Waals surface area contributed by atoms with Gasteiger partial charge in [-0.15, -0.1) is 0 Å². The van der Waals surface area contributed by atoms with Crippen molar-refractivity contribution in [2.75, 3.05) is 13.1 Å². The van der Waals surface area contributed by atoms with E-state index < -0.39 is 159 Å². The molecule has 0 radical (unpaired) electrons. The minimum absolute atomic E-state index is 0.160. The van der Waals surface area contributed by atoms with Gasteiger partial charge in [-0.1, -0.05) is 131 Å². The Kier molecular flexibility index (Phi) is 29.1. The summed E-state index contributed by atoms with van der Waals surface area (Å²) in [5, 5.41) is 125. The minimum atomic E-state index is -2.41. The maximum atomic E-state index is 14.2. The number of nitrogens with one attached hydrogen (secondary N) is 1. The number of esters is 1. The van der Waals surface area contributed by atoms with Crippen molar-refractivity contribution >= 4 is 17.8 Å². The molecule has 1 aromatic rings. The van der Waals surface area contributed by atoms with E-state index in [0.717, 1.165) is 18.4 Å². The summed E-state index contributed by atoms with van der Waals surface area (Å²) in [5.41, 5.74) is 0.904. The Morgan fingerprint density at radius 1 is 0.713 bits per heavy atom. The summed E-state index contributed by atoms with van der Waals surface area (Å²) in [4.78, 5) is 41.7. The van der Waals surface area contributed by atoms with Gasteiger partial charge >= 0.3 is 11.9 Å². The van der Waals surface area contributed by atoms with Crippen LogP contribution in [-0.2, 0) is 39.8 Å². The lowest BCUT2D eigenvalue weighted by Crippen LogP contribution is -2.66. The second kappa shape index (κ2) is 34.2. The van der Waals surface area contributed by atoms with Crippen LogP contribution in [0.1, 0.15) is 111 Å². The van der Waals surface area contributed by atoms with Crippen molar-refractivity contribution in [2.24, 2.45) is 17.8 Å². The lowest BCUT2D eigenvalue weighted by Gasteiger charge is -2.46. The molecule has 1 aromatic carbocycles. The Bertz CT molecular complexity index is 2190. The summed E-state index contributed by atoms with van der Waals surface area (Å²) in [7, 11) is 0. The number of cyclic esters (lactones) is 1. The number of fused-ring (bicyclic) bond motifs is 2. The third-order valence-electron chi connectivity index (χ3n) is 15.3. The molecule has 2 saturated heterocycles. The summed E-state index contributed by atoms with van der Waals surface area (Å²) in [6.07, 6.45) is 1.24. The molecule has 0 saturated carbocycles. The minimum Gasteiger partial charge on any atom is -0.481 e. The average Bonchev–Trinajstić information content (AvgIpc) is 3.39. The van der Waals surface area contributed by atoms with E-state index in [9.17, 15) is 70.6 Å². The highest BCUT2D eigenvalue weighted by molar-refractivity contribution is 5.82. The number of aliphatic hydroxyl groups excluding tert-OH is 9. The fourth-order valence-electron chi connectivity index (χ4n) is 10.4. The molecule has 80 heavy (non-hydrogen) atoms. The molecule has 0 aliphatic carbocycles. The van der Waals surface area contributed by atoms with Crippen LogP contribution >= 0.6 is 0 Å². The third kappa shape index (κ3) is 22.0. The van der Waals surface area contributed by atoms with Crippen LogP contribution in [0, 0.1) is 17.8 Å². The smallest absolute Gasteiger partial charge is 0.311 e. The highest BCUT2D eigenvalue weighted by Crippen LogP contribution is 2.38. The second-order valence-corrected chi connectivity index (χ2v) is 21.7. The van der Waals surface area contributed by atoms with Gasteiger partial charge < -0.3 is 80.4 Å². The summed E-state index contributed by atoms with van der Waals surface area (Å²) in [6.45, 7) is 11.7. The van der Waals surface area contributed by atoms with Crippen molar-refractivity contribution in [3.05, 3.63) is 109 Å². The molecule has 0 unspecified atom stereocenters. The predicted molar refractivity (Wildman–Crippen MR) is 298 cm³/mol. The van der Waals surface area contributed by atoms with E-state index in [1.54, 1.807) is 38.2 Å². The Balaban J connectivity index is 1.61. The molecule has 2 bridgehead atoms. The van der Waals surface area contributed by atoms with E-state index in [1.807, 2.05) is 98.5 Å². The Labute approximate surface area is 471 Å². The predicted octanol–water partition coefficient (Wildman–Crippen LogP) is 3.05. The molecule has 1 amide bonds. The van der Waals surface area contributed by atoms with E-state index in [-0.39, 0.29) is 31.6 Å². The van der Waals surface area contributed by atoms with Gasteiger partial charge in [0.05, 0.1) is 79.5 Å². The highest BCUT2D eigenvalue weighted by atomic mass is 16.7. The summed E-state index contributed by atoms with van der Waals surface area (Å²) in [6, 6.07) is 7.46. The van der Waals surface area contributed by atoms with E-state index in [2.05, 4.69) is 5.32 Å². The Hall–Kier alpha value is -4.49. The number of ether oxygens (including phenoxy) is 4. The number of aliphatic hydroxyl groups is 10. The lowest BCUT2D eigenvalue weighted by atomic mass is 9.82. The zero-order valence-electron chi connectivity index (χ0n) is 47.2. The largest absolute Gasteiger partial charge is 0.481 e. The van der Waals surface area contributed by atoms with E-state index in [0.29, 0.717) is 19.5 Å². The summed E-state index contributed by atoms with van der Waals surface area (Å²) in [5.74, 6) is -7.47. The molecule has 0 aromatic heterocycles. The van der Waals surface area contributed by atoms with Crippen molar-refractivity contribution in [3.8, 4) is 0 Å². The number of hydrogen-bond acceptors (Lipinski definition) is 18. The number of carbonyl (C=O) groups is 3. The van der Waals surface area contributed by atoms with Crippen LogP contribution in [-0.4, -0.2) is 196 Å². The molecule has 20 nitrogen and oxygen atoms in total. The van der Waals surface area contributed by atoms with Gasteiger partial charge in [0.2, 0.25) is 5.91 Å². The molecule has 4 rings (SSSR count). The SMILES string of the molecule is CCN(CC)[C@@H](Cc1ccccc1)C(=O)N[C@@H]1[C@H](O)[C@H](O[C@H]2/C=C/C=C/C=C/C=C/CC/C=C/C=C/[C@H](C)[C@@H](O)[C@@H](C)[C@H](C)OC(=O)C[C@H](O)C[C@H](O)C[C@H](O)CC[C@@H](O)[C@H](O)C[C@]3(O)C[C@H](O)[C@@H](C(=O)O)[C@H](C2)O3)O[C@H](C)[C@H]1O. The Morgan fingerprint density at radius 3 is 1.96 bits per heavy atom. The van der Waals surface area contributed by atoms with Crippen LogP contribution in [0.25, 0.3) is 0 Å². The monoisotopic (exact) mass is 1130 g/mol. The van der Waals surface area contributed by atoms with Crippen LogP contribution in [0.4, 0.5) is 0 Å². The number of carbonyl (C=O) groups excluding carboxylic acids is 2. The van der Waals surface area contributed by atoms with Gasteiger partial charge in [-0.05, 0) is 77.4 Å². The topological polar surface area (TPSA) is 326 Å². The molecule has 20 atom stereocenters. The van der Waals surface area contributed by atoms with Crippen LogP contribution in [0.5, 0.6) is 0 Å². The van der Waals surface area contributed by atoms with Gasteiger partial charge in [0.15, 0.2) is 12.1 Å². The fraction of sp³-hybridized carbons (Fsp3) is 0.650. The molecule has 3 aliphatic heterocycles. The van der Waals surface area contributed by atoms with Crippen molar-refractivity contribution in [3.63, 3.8) is 0 Å². The molecule has 12 N–H and O–H groups in total. The van der Waals surface area contributed by atoms with Crippen molar-refractivity contribution < 1.29 is 89.5 Å². The van der Waals surface area contributed by atoms with Crippen LogP contribution in [0.2, 0.25) is 0 Å². The van der Waals surface area contributed by atoms with Gasteiger partial charge in [-0.3, -0.25) is 19.3 Å². The van der Waals surface area contributed by atoms with Crippen molar-refractivity contribution in [1.82, 2.24) is 10.2 Å². The number of nitrogens with zero attached hydrogens (tertiary/aromatic N) is 1. The number of carboxylic acids is 1. The van der Waals surface area contributed by atoms with Crippen LogP contribution < -0.4 is 5.32 Å². The standard InChI is InChI=1S/C60H92N2O18/c1-7-62(8-2)46(30-41-25-21-19-22-26-41)57(73)61-53-55(71)40(6)78-59(56(53)72)79-45-27-23-18-16-14-12-10-9-11-13-15-17-20-24-37(3)54(70)38(4)39(5)77-51(69)33-44(65)32-43(64)31-42(63)28-29-47(66)48(67)35-60(76)36-49(68)52(58(74)75)50(34-45)80-60/h9-10,12,14-27,37-40,42-50,52-56,59,63-68,70-72,76H,7-8,11,13,28-36H2,1-6H3,(H,61,73)(H,74,75)/b10-9+,14-12+,17-15+,18-16+,24-20+,27-23+/t37-,38-,39-,40+,42+,43+,44+,45-,46-,47+,48+,49-,50-,52+,53-,54+,55+,56-,59-,60+/m0/s1. The maximum Gasteiger partial charge on any atom is 0.311 e. The Morgan fingerprint density at radius 2 is 1.31 bits per heavy atom. The quantitative estimate of drug-likeness (QED) is 0.150. The summed E-state index contributed by atoms with van der Waals surface area (Å²) < 4.78 is 23.9. The van der Waals surface area contributed by atoms with E-state index >= 15 is 0 Å². The molecule has 3 aliphatic rings. The number of hydrogen-bond donors (Lipinski definition) is 12. The van der Waals surface area contributed by atoms with Gasteiger partial charge in [0, 0.05) is 31.1 Å². The molecule has 3 heterocycles. The fourth-order valence-corrected chi connectivity index (χ4v) is 10.4. The first kappa shape index (κ1) is 68.0. The molecular formula is C60H92N2O18. The van der Waals surface area contributed by atoms with Gasteiger partial charge in [-0.25, -0.2) is 0 Å². The zero-order valence-corrected chi connectivity index (χ0v) is 47.2. The first-order valence-corrected chi connectivity index (χ1v) is 28.3. The highest BCUT2D eigenvalue weighted by Gasteiger charge is 2.52. The normalized spacial score (nSPS) is 39.3.